The minimum Gasteiger partial charge on any atom is -0.306 e. The summed E-state index contributed by atoms with van der Waals surface area (Å²) in [6.45, 7) is 5.05. The number of pyridine rings is 1. The molecule has 0 aliphatic carbocycles. The highest BCUT2D eigenvalue weighted by Gasteiger charge is 2.06. The molecule has 1 aromatic carbocycles. The first kappa shape index (κ1) is 13.1. The fourth-order valence-electron chi connectivity index (χ4n) is 1.86. The highest BCUT2D eigenvalue weighted by molar-refractivity contribution is 6.30. The normalized spacial score (nSPS) is 12.4. The molecule has 1 atom stereocenters. The van der Waals surface area contributed by atoms with Crippen molar-refractivity contribution < 1.29 is 0 Å². The lowest BCUT2D eigenvalue weighted by atomic mass is 10.1. The molecule has 0 saturated heterocycles. The van der Waals surface area contributed by atoms with Gasteiger partial charge in [-0.15, -0.1) is 0 Å². The van der Waals surface area contributed by atoms with Crippen LogP contribution in [-0.2, 0) is 6.54 Å². The summed E-state index contributed by atoms with van der Waals surface area (Å²) in [6.07, 6.45) is 3.72. The Morgan fingerprint density at radius 2 is 2.17 bits per heavy atom. The Labute approximate surface area is 113 Å². The van der Waals surface area contributed by atoms with E-state index < -0.39 is 0 Å². The van der Waals surface area contributed by atoms with Crippen molar-refractivity contribution in [2.24, 2.45) is 0 Å². The Balaban J connectivity index is 2.00. The summed E-state index contributed by atoms with van der Waals surface area (Å²) < 4.78 is 0. The van der Waals surface area contributed by atoms with E-state index in [1.54, 1.807) is 0 Å². The van der Waals surface area contributed by atoms with Crippen LogP contribution in [0.15, 0.2) is 42.7 Å². The van der Waals surface area contributed by atoms with Crippen molar-refractivity contribution in [3.63, 3.8) is 0 Å². The zero-order chi connectivity index (χ0) is 13.0. The van der Waals surface area contributed by atoms with E-state index in [1.165, 1.54) is 16.7 Å². The number of nitrogens with one attached hydrogen (secondary N) is 1. The zero-order valence-corrected chi connectivity index (χ0v) is 11.4. The van der Waals surface area contributed by atoms with E-state index in [2.05, 4.69) is 30.2 Å². The number of halogens is 1. The molecule has 2 aromatic rings. The predicted molar refractivity (Wildman–Crippen MR) is 75.7 cm³/mol. The summed E-state index contributed by atoms with van der Waals surface area (Å²) in [5.41, 5.74) is 3.69. The van der Waals surface area contributed by atoms with Gasteiger partial charge in [0.25, 0.3) is 0 Å². The summed E-state index contributed by atoms with van der Waals surface area (Å²) in [4.78, 5) is 4.10. The van der Waals surface area contributed by atoms with E-state index in [0.29, 0.717) is 0 Å². The molecule has 0 aliphatic heterocycles. The number of benzene rings is 1. The molecule has 1 N–H and O–H groups in total. The van der Waals surface area contributed by atoms with Crippen LogP contribution in [0.1, 0.15) is 29.7 Å². The molecule has 1 unspecified atom stereocenters. The molecule has 0 spiro atoms. The number of hydrogen-bond donors (Lipinski definition) is 1. The van der Waals surface area contributed by atoms with Gasteiger partial charge in [0.2, 0.25) is 0 Å². The number of aryl methyl sites for hydroxylation is 1. The lowest BCUT2D eigenvalue weighted by molar-refractivity contribution is 0.573. The van der Waals surface area contributed by atoms with Gasteiger partial charge in [0.15, 0.2) is 0 Å². The number of hydrogen-bond acceptors (Lipinski definition) is 2. The van der Waals surface area contributed by atoms with E-state index >= 15 is 0 Å². The average Bonchev–Trinajstić information content (AvgIpc) is 2.37. The molecule has 1 heterocycles. The van der Waals surface area contributed by atoms with Gasteiger partial charge in [-0.1, -0.05) is 23.7 Å². The molecular weight excluding hydrogens is 244 g/mol. The lowest BCUT2D eigenvalue weighted by Crippen LogP contribution is -2.18. The van der Waals surface area contributed by atoms with Crippen LogP contribution in [-0.4, -0.2) is 4.98 Å². The van der Waals surface area contributed by atoms with E-state index in [9.17, 15) is 0 Å². The van der Waals surface area contributed by atoms with Gasteiger partial charge in [0.05, 0.1) is 0 Å². The first-order valence-electron chi connectivity index (χ1n) is 6.05. The van der Waals surface area contributed by atoms with Gasteiger partial charge in [-0.25, -0.2) is 0 Å². The first-order chi connectivity index (χ1) is 8.66. The highest BCUT2D eigenvalue weighted by Crippen LogP contribution is 2.18. The van der Waals surface area contributed by atoms with Crippen LogP contribution in [0.4, 0.5) is 0 Å². The summed E-state index contributed by atoms with van der Waals surface area (Å²) in [7, 11) is 0. The van der Waals surface area contributed by atoms with Crippen molar-refractivity contribution in [2.45, 2.75) is 26.4 Å². The van der Waals surface area contributed by atoms with E-state index in [0.717, 1.165) is 11.6 Å². The SMILES string of the molecule is Cc1cnccc1CNC(C)c1cccc(Cl)c1. The molecule has 0 fully saturated rings. The molecule has 0 aliphatic rings. The molecule has 18 heavy (non-hydrogen) atoms. The van der Waals surface area contributed by atoms with Crippen molar-refractivity contribution in [1.29, 1.82) is 0 Å². The van der Waals surface area contributed by atoms with Crippen molar-refractivity contribution in [2.75, 3.05) is 0 Å². The third-order valence-corrected chi connectivity index (χ3v) is 3.32. The Morgan fingerprint density at radius 3 is 2.89 bits per heavy atom. The first-order valence-corrected chi connectivity index (χ1v) is 6.43. The van der Waals surface area contributed by atoms with Crippen LogP contribution in [0, 0.1) is 6.92 Å². The van der Waals surface area contributed by atoms with Gasteiger partial charge in [-0.2, -0.15) is 0 Å². The molecule has 0 amide bonds. The summed E-state index contributed by atoms with van der Waals surface area (Å²) in [5, 5.41) is 4.28. The van der Waals surface area contributed by atoms with Gasteiger partial charge < -0.3 is 5.32 Å². The molecular formula is C15H17ClN2. The minimum absolute atomic E-state index is 0.274. The van der Waals surface area contributed by atoms with Crippen molar-refractivity contribution in [3.8, 4) is 0 Å². The predicted octanol–water partition coefficient (Wildman–Crippen LogP) is 3.89. The van der Waals surface area contributed by atoms with Gasteiger partial charge in [0.1, 0.15) is 0 Å². The third-order valence-electron chi connectivity index (χ3n) is 3.08. The standard InChI is InChI=1S/C15H17ClN2/c1-11-9-17-7-6-14(11)10-18-12(2)13-4-3-5-15(16)8-13/h3-9,12,18H,10H2,1-2H3. The van der Waals surface area contributed by atoms with Crippen LogP contribution >= 0.6 is 11.6 Å². The monoisotopic (exact) mass is 260 g/mol. The lowest BCUT2D eigenvalue weighted by Gasteiger charge is -2.15. The quantitative estimate of drug-likeness (QED) is 0.902. The van der Waals surface area contributed by atoms with Gasteiger partial charge in [0, 0.05) is 30.0 Å². The Hall–Kier alpha value is -1.38. The van der Waals surface area contributed by atoms with Crippen LogP contribution in [0.25, 0.3) is 0 Å². The molecule has 2 nitrogen and oxygen atoms in total. The smallest absolute Gasteiger partial charge is 0.0409 e. The van der Waals surface area contributed by atoms with Gasteiger partial charge in [-0.05, 0) is 48.7 Å². The average molecular weight is 261 g/mol. The summed E-state index contributed by atoms with van der Waals surface area (Å²) in [6, 6.07) is 10.3. The zero-order valence-electron chi connectivity index (χ0n) is 10.7. The van der Waals surface area contributed by atoms with Crippen LogP contribution in [0.3, 0.4) is 0 Å². The second-order valence-corrected chi connectivity index (χ2v) is 4.90. The second kappa shape index (κ2) is 5.98. The van der Waals surface area contributed by atoms with Crippen molar-refractivity contribution in [3.05, 3.63) is 64.4 Å². The van der Waals surface area contributed by atoms with E-state index in [-0.39, 0.29) is 6.04 Å². The Bertz CT molecular complexity index is 525. The minimum atomic E-state index is 0.274. The molecule has 94 valence electrons. The molecule has 0 saturated carbocycles. The van der Waals surface area contributed by atoms with Crippen LogP contribution < -0.4 is 5.32 Å². The van der Waals surface area contributed by atoms with Crippen LogP contribution in [0.5, 0.6) is 0 Å². The van der Waals surface area contributed by atoms with Crippen molar-refractivity contribution in [1.82, 2.24) is 10.3 Å². The number of nitrogens with zero attached hydrogens (tertiary/aromatic N) is 1. The molecule has 0 bridgehead atoms. The number of rotatable bonds is 4. The third kappa shape index (κ3) is 3.31. The molecule has 2 rings (SSSR count). The van der Waals surface area contributed by atoms with Crippen LogP contribution in [0.2, 0.25) is 5.02 Å². The van der Waals surface area contributed by atoms with E-state index in [4.69, 9.17) is 11.6 Å². The maximum absolute atomic E-state index is 6.00. The fraction of sp³-hybridized carbons (Fsp3) is 0.267. The largest absolute Gasteiger partial charge is 0.306 e. The molecule has 3 heteroatoms. The number of aromatic nitrogens is 1. The molecule has 1 aromatic heterocycles. The van der Waals surface area contributed by atoms with Gasteiger partial charge >= 0.3 is 0 Å². The second-order valence-electron chi connectivity index (χ2n) is 4.46. The van der Waals surface area contributed by atoms with E-state index in [1.807, 2.05) is 36.7 Å². The maximum atomic E-state index is 6.00. The Kier molecular flexibility index (Phi) is 4.34. The summed E-state index contributed by atoms with van der Waals surface area (Å²) >= 11 is 6.00. The maximum Gasteiger partial charge on any atom is 0.0409 e. The highest BCUT2D eigenvalue weighted by atomic mass is 35.5. The fourth-order valence-corrected chi connectivity index (χ4v) is 2.06. The topological polar surface area (TPSA) is 24.9 Å². The van der Waals surface area contributed by atoms with Gasteiger partial charge in [-0.3, -0.25) is 4.98 Å². The summed E-state index contributed by atoms with van der Waals surface area (Å²) in [5.74, 6) is 0. The van der Waals surface area contributed by atoms with Crippen molar-refractivity contribution >= 4 is 11.6 Å². The Morgan fingerprint density at radius 1 is 1.33 bits per heavy atom. The molecule has 0 radical (unpaired) electrons.